The van der Waals surface area contributed by atoms with Crippen molar-refractivity contribution in [1.82, 2.24) is 0 Å². The van der Waals surface area contributed by atoms with Crippen LogP contribution in [0.25, 0.3) is 0 Å². The maximum atomic E-state index is 12.0. The molecule has 0 aromatic heterocycles. The van der Waals surface area contributed by atoms with Crippen molar-refractivity contribution in [3.63, 3.8) is 0 Å². The van der Waals surface area contributed by atoms with Gasteiger partial charge in [0.2, 0.25) is 0 Å². The first-order valence-corrected chi connectivity index (χ1v) is 7.26. The Morgan fingerprint density at radius 3 is 1.33 bits per heavy atom. The van der Waals surface area contributed by atoms with E-state index in [4.69, 9.17) is 0 Å². The van der Waals surface area contributed by atoms with Gasteiger partial charge >= 0.3 is 0 Å². The third kappa shape index (κ3) is 4.51. The predicted octanol–water partition coefficient (Wildman–Crippen LogP) is 3.22. The lowest BCUT2D eigenvalue weighted by Gasteiger charge is -2.04. The Balaban J connectivity index is 0.00000162. The second kappa shape index (κ2) is 6.57. The first-order chi connectivity index (χ1) is 8.16. The topological polar surface area (TPSA) is 34.1 Å². The molecule has 0 saturated carbocycles. The molecule has 0 amide bonds. The molecule has 2 aromatic rings. The van der Waals surface area contributed by atoms with E-state index in [0.29, 0.717) is 0 Å². The summed E-state index contributed by atoms with van der Waals surface area (Å²) in [4.78, 5) is 0. The molecule has 0 aliphatic rings. The third-order valence-electron chi connectivity index (χ3n) is 2.46. The molecule has 0 aliphatic heterocycles. The Bertz CT molecular complexity index is 518. The van der Waals surface area contributed by atoms with E-state index < -0.39 is 9.84 Å². The molecule has 0 heterocycles. The number of halogens is 1. The lowest BCUT2D eigenvalue weighted by atomic mass is 10.2. The maximum Gasteiger partial charge on any atom is 0.158 e. The van der Waals surface area contributed by atoms with Gasteiger partial charge in [0, 0.05) is 0 Å². The summed E-state index contributed by atoms with van der Waals surface area (Å²) in [6.07, 6.45) is 0. The fourth-order valence-corrected chi connectivity index (χ4v) is 3.21. The van der Waals surface area contributed by atoms with Gasteiger partial charge in [-0.1, -0.05) is 60.7 Å². The van der Waals surface area contributed by atoms with E-state index in [1.54, 1.807) is 0 Å². The zero-order chi connectivity index (χ0) is 12.1. The highest BCUT2D eigenvalue weighted by Gasteiger charge is 2.12. The van der Waals surface area contributed by atoms with Crippen LogP contribution in [0.4, 0.5) is 0 Å². The SMILES string of the molecule is Cl.O=S(=O)(Cc1ccccc1)Cc1ccccc1. The lowest BCUT2D eigenvalue weighted by molar-refractivity contribution is 0.594. The van der Waals surface area contributed by atoms with Crippen LogP contribution < -0.4 is 0 Å². The number of benzene rings is 2. The zero-order valence-corrected chi connectivity index (χ0v) is 11.5. The Labute approximate surface area is 114 Å². The van der Waals surface area contributed by atoms with Crippen LogP contribution in [0.1, 0.15) is 11.1 Å². The molecule has 2 nitrogen and oxygen atoms in total. The van der Waals surface area contributed by atoms with Crippen molar-refractivity contribution in [2.24, 2.45) is 0 Å². The highest BCUT2D eigenvalue weighted by atomic mass is 35.5. The van der Waals surface area contributed by atoms with Crippen LogP contribution in [-0.4, -0.2) is 8.42 Å². The van der Waals surface area contributed by atoms with Crippen LogP contribution in [-0.2, 0) is 21.3 Å². The molecule has 18 heavy (non-hydrogen) atoms. The van der Waals surface area contributed by atoms with E-state index in [-0.39, 0.29) is 23.9 Å². The van der Waals surface area contributed by atoms with E-state index >= 15 is 0 Å². The quantitative estimate of drug-likeness (QED) is 0.863. The van der Waals surface area contributed by atoms with Crippen LogP contribution in [0.5, 0.6) is 0 Å². The fourth-order valence-electron chi connectivity index (χ4n) is 1.71. The van der Waals surface area contributed by atoms with Gasteiger partial charge in [0.05, 0.1) is 11.5 Å². The summed E-state index contributed by atoms with van der Waals surface area (Å²) in [5, 5.41) is 0. The van der Waals surface area contributed by atoms with Crippen molar-refractivity contribution in [3.05, 3.63) is 71.8 Å². The summed E-state index contributed by atoms with van der Waals surface area (Å²) < 4.78 is 23.9. The Kier molecular flexibility index (Phi) is 5.38. The Morgan fingerprint density at radius 2 is 1.00 bits per heavy atom. The average Bonchev–Trinajstić information content (AvgIpc) is 2.30. The molecule has 2 rings (SSSR count). The maximum absolute atomic E-state index is 12.0. The van der Waals surface area contributed by atoms with Gasteiger partial charge in [0.15, 0.2) is 9.84 Å². The van der Waals surface area contributed by atoms with Gasteiger partial charge in [0.1, 0.15) is 0 Å². The third-order valence-corrected chi connectivity index (χ3v) is 4.01. The zero-order valence-electron chi connectivity index (χ0n) is 9.82. The van der Waals surface area contributed by atoms with Gasteiger partial charge in [-0.05, 0) is 11.1 Å². The minimum atomic E-state index is -3.09. The molecule has 0 spiro atoms. The van der Waals surface area contributed by atoms with Gasteiger partial charge in [-0.25, -0.2) is 8.42 Å². The summed E-state index contributed by atoms with van der Waals surface area (Å²) in [5.41, 5.74) is 1.67. The van der Waals surface area contributed by atoms with Gasteiger partial charge < -0.3 is 0 Å². The van der Waals surface area contributed by atoms with E-state index in [1.165, 1.54) is 0 Å². The molecule has 0 saturated heterocycles. The summed E-state index contributed by atoms with van der Waals surface area (Å²) in [6.45, 7) is 0. The molecule has 0 fully saturated rings. The lowest BCUT2D eigenvalue weighted by Crippen LogP contribution is -2.07. The van der Waals surface area contributed by atoms with Crippen molar-refractivity contribution < 1.29 is 8.42 Å². The van der Waals surface area contributed by atoms with E-state index in [0.717, 1.165) is 11.1 Å². The van der Waals surface area contributed by atoms with E-state index in [1.807, 2.05) is 60.7 Å². The van der Waals surface area contributed by atoms with Crippen LogP contribution in [0.2, 0.25) is 0 Å². The highest BCUT2D eigenvalue weighted by Crippen LogP contribution is 2.11. The fraction of sp³-hybridized carbons (Fsp3) is 0.143. The van der Waals surface area contributed by atoms with E-state index in [9.17, 15) is 8.42 Å². The van der Waals surface area contributed by atoms with Gasteiger partial charge in [-0.15, -0.1) is 12.4 Å². The van der Waals surface area contributed by atoms with Crippen molar-refractivity contribution in [2.75, 3.05) is 0 Å². The standard InChI is InChI=1S/C14H14O2S.ClH/c15-17(16,11-13-7-3-1-4-8-13)12-14-9-5-2-6-10-14;/h1-10H,11-12H2;1H. The predicted molar refractivity (Wildman–Crippen MR) is 76.5 cm³/mol. The average molecular weight is 283 g/mol. The first kappa shape index (κ1) is 14.7. The second-order valence-corrected chi connectivity index (χ2v) is 6.07. The Morgan fingerprint density at radius 1 is 0.667 bits per heavy atom. The number of hydrogen-bond donors (Lipinski definition) is 0. The van der Waals surface area contributed by atoms with Crippen molar-refractivity contribution in [2.45, 2.75) is 11.5 Å². The molecule has 0 bridgehead atoms. The second-order valence-electron chi connectivity index (χ2n) is 4.00. The largest absolute Gasteiger partial charge is 0.228 e. The molecule has 0 N–H and O–H groups in total. The summed E-state index contributed by atoms with van der Waals surface area (Å²) in [6, 6.07) is 18.5. The molecule has 0 radical (unpaired) electrons. The normalized spacial score (nSPS) is 10.7. The molecular formula is C14H15ClO2S. The van der Waals surface area contributed by atoms with Crippen LogP contribution in [0.3, 0.4) is 0 Å². The molecule has 0 atom stereocenters. The number of sulfone groups is 1. The van der Waals surface area contributed by atoms with Crippen LogP contribution in [0, 0.1) is 0 Å². The molecule has 2 aromatic carbocycles. The number of rotatable bonds is 4. The van der Waals surface area contributed by atoms with Crippen molar-refractivity contribution in [3.8, 4) is 0 Å². The molecule has 0 aliphatic carbocycles. The molecule has 4 heteroatoms. The molecule has 0 unspecified atom stereocenters. The smallest absolute Gasteiger partial charge is 0.158 e. The van der Waals surface area contributed by atoms with Gasteiger partial charge in [0.25, 0.3) is 0 Å². The van der Waals surface area contributed by atoms with E-state index in [2.05, 4.69) is 0 Å². The van der Waals surface area contributed by atoms with Crippen LogP contribution in [0.15, 0.2) is 60.7 Å². The first-order valence-electron chi connectivity index (χ1n) is 5.44. The number of hydrogen-bond acceptors (Lipinski definition) is 2. The molecular weight excluding hydrogens is 268 g/mol. The van der Waals surface area contributed by atoms with Crippen LogP contribution >= 0.6 is 12.4 Å². The molecule has 96 valence electrons. The van der Waals surface area contributed by atoms with Crippen molar-refractivity contribution >= 4 is 22.2 Å². The van der Waals surface area contributed by atoms with Crippen molar-refractivity contribution in [1.29, 1.82) is 0 Å². The highest BCUT2D eigenvalue weighted by molar-refractivity contribution is 7.89. The summed E-state index contributed by atoms with van der Waals surface area (Å²) in [5.74, 6) is 0.200. The minimum absolute atomic E-state index is 0. The minimum Gasteiger partial charge on any atom is -0.228 e. The van der Waals surface area contributed by atoms with Gasteiger partial charge in [-0.3, -0.25) is 0 Å². The summed E-state index contributed by atoms with van der Waals surface area (Å²) in [7, 11) is -3.09. The van der Waals surface area contributed by atoms with Gasteiger partial charge in [-0.2, -0.15) is 0 Å². The summed E-state index contributed by atoms with van der Waals surface area (Å²) >= 11 is 0. The monoisotopic (exact) mass is 282 g/mol. The Hall–Kier alpha value is -1.32.